The normalized spacial score (nSPS) is 12.9. The Labute approximate surface area is 159 Å². The molecule has 0 saturated heterocycles. The van der Waals surface area contributed by atoms with Crippen LogP contribution in [-0.2, 0) is 6.54 Å². The van der Waals surface area contributed by atoms with Crippen molar-refractivity contribution in [2.24, 2.45) is 0 Å². The lowest BCUT2D eigenvalue weighted by Crippen LogP contribution is -2.18. The largest absolute Gasteiger partial charge is 0.486 e. The van der Waals surface area contributed by atoms with E-state index < -0.39 is 0 Å². The number of H-pyrrole nitrogens is 1. The maximum atomic E-state index is 12.5. The fourth-order valence-electron chi connectivity index (χ4n) is 3.21. The van der Waals surface area contributed by atoms with Crippen LogP contribution in [0.2, 0.25) is 0 Å². The first kappa shape index (κ1) is 16.4. The molecule has 0 spiro atoms. The number of ether oxygens (including phenoxy) is 2. The molecule has 2 aromatic carbocycles. The number of fused-ring (bicyclic) bond motifs is 2. The van der Waals surface area contributed by atoms with E-state index in [1.54, 1.807) is 4.68 Å². The number of rotatable bonds is 4. The van der Waals surface area contributed by atoms with Gasteiger partial charge < -0.3 is 14.8 Å². The molecule has 0 saturated carbocycles. The summed E-state index contributed by atoms with van der Waals surface area (Å²) in [6.45, 7) is 1.49. The van der Waals surface area contributed by atoms with Gasteiger partial charge in [-0.1, -0.05) is 30.3 Å². The Hall–Kier alpha value is -3.81. The van der Waals surface area contributed by atoms with E-state index >= 15 is 0 Å². The summed E-state index contributed by atoms with van der Waals surface area (Å²) in [7, 11) is 0. The fourth-order valence-corrected chi connectivity index (χ4v) is 3.21. The van der Waals surface area contributed by atoms with Crippen LogP contribution >= 0.6 is 0 Å². The Morgan fingerprint density at radius 1 is 1.07 bits per heavy atom. The van der Waals surface area contributed by atoms with Crippen molar-refractivity contribution in [2.45, 2.75) is 6.54 Å². The van der Waals surface area contributed by atoms with Gasteiger partial charge in [0.05, 0.1) is 11.9 Å². The van der Waals surface area contributed by atoms with Crippen molar-refractivity contribution in [1.29, 1.82) is 0 Å². The van der Waals surface area contributed by atoms with E-state index in [1.165, 1.54) is 6.20 Å². The molecule has 0 fully saturated rings. The van der Waals surface area contributed by atoms with Gasteiger partial charge in [0.1, 0.15) is 18.6 Å². The standard InChI is InChI=1S/C20H17N5O3/c26-19-15-12-22-25(14-6-2-1-3-7-14)18(15)23-20(24-19)21-11-13-5-4-8-16-17(13)28-10-9-27-16/h1-8,12H,9-11H2,(H2,21,23,24,26). The predicted molar refractivity (Wildman–Crippen MR) is 104 cm³/mol. The molecule has 1 aliphatic heterocycles. The Kier molecular flexibility index (Phi) is 3.93. The lowest BCUT2D eigenvalue weighted by atomic mass is 10.1. The highest BCUT2D eigenvalue weighted by molar-refractivity contribution is 5.76. The highest BCUT2D eigenvalue weighted by Crippen LogP contribution is 2.33. The number of aromatic amines is 1. The first-order valence-corrected chi connectivity index (χ1v) is 8.94. The van der Waals surface area contributed by atoms with Gasteiger partial charge in [-0.2, -0.15) is 10.1 Å². The van der Waals surface area contributed by atoms with Gasteiger partial charge in [-0.25, -0.2) is 4.68 Å². The smallest absolute Gasteiger partial charge is 0.263 e. The third-order valence-electron chi connectivity index (χ3n) is 4.53. The van der Waals surface area contributed by atoms with Crippen LogP contribution in [0.15, 0.2) is 59.5 Å². The molecule has 8 heteroatoms. The number of benzene rings is 2. The summed E-state index contributed by atoms with van der Waals surface area (Å²) in [5, 5.41) is 7.92. The topological polar surface area (TPSA) is 94.1 Å². The lowest BCUT2D eigenvalue weighted by molar-refractivity contribution is 0.170. The summed E-state index contributed by atoms with van der Waals surface area (Å²) in [6, 6.07) is 15.3. The van der Waals surface area contributed by atoms with Crippen molar-refractivity contribution in [1.82, 2.24) is 19.7 Å². The van der Waals surface area contributed by atoms with Crippen molar-refractivity contribution in [3.63, 3.8) is 0 Å². The highest BCUT2D eigenvalue weighted by Gasteiger charge is 2.16. The molecule has 4 aromatic rings. The second kappa shape index (κ2) is 6.73. The molecule has 28 heavy (non-hydrogen) atoms. The minimum atomic E-state index is -0.246. The van der Waals surface area contributed by atoms with Gasteiger partial charge in [-0.3, -0.25) is 9.78 Å². The monoisotopic (exact) mass is 375 g/mol. The predicted octanol–water partition coefficient (Wildman–Crippen LogP) is 2.49. The number of hydrogen-bond acceptors (Lipinski definition) is 6. The summed E-state index contributed by atoms with van der Waals surface area (Å²) in [5.41, 5.74) is 2.01. The van der Waals surface area contributed by atoms with Gasteiger partial charge in [0.2, 0.25) is 5.95 Å². The number of nitrogens with one attached hydrogen (secondary N) is 2. The van der Waals surface area contributed by atoms with E-state index in [-0.39, 0.29) is 5.56 Å². The molecule has 2 N–H and O–H groups in total. The molecule has 0 bridgehead atoms. The number of hydrogen-bond donors (Lipinski definition) is 2. The third kappa shape index (κ3) is 2.84. The molecule has 0 amide bonds. The zero-order valence-electron chi connectivity index (χ0n) is 14.9. The average Bonchev–Trinajstić information content (AvgIpc) is 3.17. The van der Waals surface area contributed by atoms with Crippen molar-refractivity contribution >= 4 is 17.0 Å². The molecule has 0 aliphatic carbocycles. The Morgan fingerprint density at radius 3 is 2.82 bits per heavy atom. The quantitative estimate of drug-likeness (QED) is 0.569. The van der Waals surface area contributed by atoms with Gasteiger partial charge in [-0.15, -0.1) is 0 Å². The highest BCUT2D eigenvalue weighted by atomic mass is 16.6. The molecule has 8 nitrogen and oxygen atoms in total. The van der Waals surface area contributed by atoms with Gasteiger partial charge >= 0.3 is 0 Å². The second-order valence-electron chi connectivity index (χ2n) is 6.34. The van der Waals surface area contributed by atoms with Crippen molar-refractivity contribution in [3.8, 4) is 17.2 Å². The van der Waals surface area contributed by atoms with Crippen molar-refractivity contribution < 1.29 is 9.47 Å². The SMILES string of the molecule is O=c1[nH]c(NCc2cccc3c2OCCO3)nc2c1cnn2-c1ccccc1. The van der Waals surface area contributed by atoms with E-state index in [2.05, 4.69) is 20.4 Å². The zero-order valence-corrected chi connectivity index (χ0v) is 14.9. The van der Waals surface area contributed by atoms with Gasteiger partial charge in [0.15, 0.2) is 17.1 Å². The van der Waals surface area contributed by atoms with E-state index in [9.17, 15) is 4.79 Å². The minimum absolute atomic E-state index is 0.246. The fraction of sp³-hybridized carbons (Fsp3) is 0.150. The van der Waals surface area contributed by atoms with E-state index in [4.69, 9.17) is 9.47 Å². The number of anilines is 1. The summed E-state index contributed by atoms with van der Waals surface area (Å²) in [5.74, 6) is 1.81. The van der Waals surface area contributed by atoms with Crippen LogP contribution in [0.3, 0.4) is 0 Å². The summed E-state index contributed by atoms with van der Waals surface area (Å²) >= 11 is 0. The Morgan fingerprint density at radius 2 is 1.93 bits per heavy atom. The molecule has 0 atom stereocenters. The maximum Gasteiger partial charge on any atom is 0.263 e. The van der Waals surface area contributed by atoms with Gasteiger partial charge in [-0.05, 0) is 18.2 Å². The van der Waals surface area contributed by atoms with E-state index in [0.717, 1.165) is 22.7 Å². The van der Waals surface area contributed by atoms with Crippen LogP contribution in [0.5, 0.6) is 11.5 Å². The molecular formula is C20H17N5O3. The molecule has 2 aromatic heterocycles. The molecule has 0 radical (unpaired) electrons. The van der Waals surface area contributed by atoms with Crippen LogP contribution < -0.4 is 20.3 Å². The Balaban J connectivity index is 1.48. The number of nitrogens with zero attached hydrogens (tertiary/aromatic N) is 3. The van der Waals surface area contributed by atoms with Crippen LogP contribution in [-0.4, -0.2) is 33.0 Å². The summed E-state index contributed by atoms with van der Waals surface area (Å²) in [4.78, 5) is 19.8. The summed E-state index contributed by atoms with van der Waals surface area (Å²) < 4.78 is 13.0. The van der Waals surface area contributed by atoms with Crippen molar-refractivity contribution in [3.05, 3.63) is 70.6 Å². The lowest BCUT2D eigenvalue weighted by Gasteiger charge is -2.21. The third-order valence-corrected chi connectivity index (χ3v) is 4.53. The van der Waals surface area contributed by atoms with Gasteiger partial charge in [0.25, 0.3) is 5.56 Å². The molecule has 5 rings (SSSR count). The van der Waals surface area contributed by atoms with Crippen LogP contribution in [0.1, 0.15) is 5.56 Å². The summed E-state index contributed by atoms with van der Waals surface area (Å²) in [6.07, 6.45) is 1.52. The van der Waals surface area contributed by atoms with Crippen LogP contribution in [0, 0.1) is 0 Å². The van der Waals surface area contributed by atoms with Crippen molar-refractivity contribution in [2.75, 3.05) is 18.5 Å². The first-order valence-electron chi connectivity index (χ1n) is 8.94. The van der Waals surface area contributed by atoms with E-state index in [1.807, 2.05) is 48.5 Å². The van der Waals surface area contributed by atoms with Crippen LogP contribution in [0.4, 0.5) is 5.95 Å². The molecule has 0 unspecified atom stereocenters. The van der Waals surface area contributed by atoms with Gasteiger partial charge in [0, 0.05) is 12.1 Å². The molecule has 140 valence electrons. The average molecular weight is 375 g/mol. The molecule has 3 heterocycles. The first-order chi connectivity index (χ1) is 13.8. The zero-order chi connectivity index (χ0) is 18.9. The maximum absolute atomic E-state index is 12.5. The molecular weight excluding hydrogens is 358 g/mol. The Bertz CT molecular complexity index is 1200. The minimum Gasteiger partial charge on any atom is -0.486 e. The number of para-hydroxylation sites is 2. The van der Waals surface area contributed by atoms with E-state index in [0.29, 0.717) is 36.7 Å². The molecule has 1 aliphatic rings. The number of aromatic nitrogens is 4. The second-order valence-corrected chi connectivity index (χ2v) is 6.34. The van der Waals surface area contributed by atoms with Crippen LogP contribution in [0.25, 0.3) is 16.7 Å².